The van der Waals surface area contributed by atoms with Crippen LogP contribution in [0.15, 0.2) is 53.5 Å². The predicted molar refractivity (Wildman–Crippen MR) is 112 cm³/mol. The molecule has 2 aliphatic rings. The quantitative estimate of drug-likeness (QED) is 0.765. The maximum Gasteiger partial charge on any atom is 0.257 e. The summed E-state index contributed by atoms with van der Waals surface area (Å²) in [6.07, 6.45) is 0.729. The fourth-order valence-corrected chi connectivity index (χ4v) is 4.76. The number of ether oxygens (including phenoxy) is 1. The van der Waals surface area contributed by atoms with Crippen LogP contribution in [0.3, 0.4) is 0 Å². The number of hydrogen-bond acceptors (Lipinski definition) is 4. The van der Waals surface area contributed by atoms with E-state index in [1.807, 2.05) is 19.9 Å². The number of carbonyl (C=O) groups excluding carboxylic acids is 1. The van der Waals surface area contributed by atoms with E-state index in [1.165, 1.54) is 23.9 Å². The third kappa shape index (κ3) is 4.51. The first-order chi connectivity index (χ1) is 14.1. The van der Waals surface area contributed by atoms with Gasteiger partial charge in [0.25, 0.3) is 5.91 Å². The Morgan fingerprint density at radius 1 is 1.21 bits per heavy atom. The number of hydrogen-bond donors (Lipinski definition) is 1. The van der Waals surface area contributed by atoms with Crippen molar-refractivity contribution in [1.82, 2.24) is 5.32 Å². The topological polar surface area (TPSA) is 50.7 Å². The number of aliphatic imine (C=N–C) groups is 1. The third-order valence-electron chi connectivity index (χ3n) is 4.98. The molecule has 4 rings (SSSR count). The van der Waals surface area contributed by atoms with Crippen molar-refractivity contribution in [2.45, 2.75) is 25.8 Å². The van der Waals surface area contributed by atoms with E-state index in [1.54, 1.807) is 24.3 Å². The summed E-state index contributed by atoms with van der Waals surface area (Å²) in [4.78, 5) is 17.2. The molecule has 2 unspecified atom stereocenters. The number of nitrogens with one attached hydrogen (secondary N) is 1. The second kappa shape index (κ2) is 9.50. The van der Waals surface area contributed by atoms with Gasteiger partial charge in [-0.05, 0) is 24.6 Å². The Kier molecular flexibility index (Phi) is 7.03. The van der Waals surface area contributed by atoms with Crippen LogP contribution in [-0.4, -0.2) is 30.0 Å². The van der Waals surface area contributed by atoms with Gasteiger partial charge in [0.15, 0.2) is 5.17 Å². The maximum absolute atomic E-state index is 14.6. The van der Waals surface area contributed by atoms with Crippen LogP contribution < -0.4 is 5.32 Å². The average molecular weight is 419 g/mol. The van der Waals surface area contributed by atoms with E-state index in [-0.39, 0.29) is 18.4 Å². The molecule has 7 heteroatoms. The molecule has 1 fully saturated rings. The van der Waals surface area contributed by atoms with E-state index < -0.39 is 17.2 Å². The third-order valence-corrected chi connectivity index (χ3v) is 6.02. The summed E-state index contributed by atoms with van der Waals surface area (Å²) < 4.78 is 33.6. The van der Waals surface area contributed by atoms with Crippen molar-refractivity contribution in [3.8, 4) is 0 Å². The van der Waals surface area contributed by atoms with Crippen molar-refractivity contribution in [2.75, 3.05) is 19.0 Å². The summed E-state index contributed by atoms with van der Waals surface area (Å²) in [5.74, 6) is -0.823. The van der Waals surface area contributed by atoms with Gasteiger partial charge < -0.3 is 10.1 Å². The molecule has 0 saturated carbocycles. The smallest absolute Gasteiger partial charge is 0.257 e. The van der Waals surface area contributed by atoms with Crippen LogP contribution in [0.2, 0.25) is 0 Å². The number of nitrogens with zero attached hydrogens (tertiary/aromatic N) is 1. The van der Waals surface area contributed by atoms with Gasteiger partial charge in [-0.25, -0.2) is 13.8 Å². The van der Waals surface area contributed by atoms with E-state index in [0.717, 1.165) is 12.5 Å². The summed E-state index contributed by atoms with van der Waals surface area (Å²) in [5, 5.41) is 3.24. The fraction of sp³-hybridized carbons (Fsp3) is 0.364. The molecule has 0 aromatic heterocycles. The second-order valence-electron chi connectivity index (χ2n) is 6.63. The van der Waals surface area contributed by atoms with Crippen molar-refractivity contribution in [3.05, 3.63) is 71.3 Å². The van der Waals surface area contributed by atoms with E-state index in [9.17, 15) is 13.6 Å². The lowest BCUT2D eigenvalue weighted by Gasteiger charge is -2.44. The zero-order valence-corrected chi connectivity index (χ0v) is 17.3. The molecule has 2 aromatic carbocycles. The highest BCUT2D eigenvalue weighted by Crippen LogP contribution is 2.45. The van der Waals surface area contributed by atoms with Gasteiger partial charge in [-0.3, -0.25) is 4.79 Å². The monoisotopic (exact) mass is 418 g/mol. The lowest BCUT2D eigenvalue weighted by Crippen LogP contribution is -2.49. The van der Waals surface area contributed by atoms with Gasteiger partial charge in [0.2, 0.25) is 0 Å². The van der Waals surface area contributed by atoms with Crippen LogP contribution in [-0.2, 0) is 10.3 Å². The summed E-state index contributed by atoms with van der Waals surface area (Å²) in [6, 6.07) is 12.4. The van der Waals surface area contributed by atoms with E-state index >= 15 is 0 Å². The minimum absolute atomic E-state index is 0.0496. The Balaban J connectivity index is 0.00000117. The molecule has 1 N–H and O–H groups in total. The van der Waals surface area contributed by atoms with Crippen molar-refractivity contribution >= 4 is 22.8 Å². The number of thioether (sulfide) groups is 1. The summed E-state index contributed by atoms with van der Waals surface area (Å²) in [7, 11) is 0. The molecule has 29 heavy (non-hydrogen) atoms. The highest BCUT2D eigenvalue weighted by atomic mass is 32.2. The van der Waals surface area contributed by atoms with Crippen LogP contribution in [0.5, 0.6) is 0 Å². The van der Waals surface area contributed by atoms with Gasteiger partial charge >= 0.3 is 0 Å². The molecule has 2 aromatic rings. The highest BCUT2D eigenvalue weighted by molar-refractivity contribution is 8.13. The molecular formula is C22H24F2N2O2S. The molecule has 154 valence electrons. The van der Waals surface area contributed by atoms with Crippen LogP contribution in [0, 0.1) is 17.6 Å². The minimum atomic E-state index is -0.958. The largest absolute Gasteiger partial charge is 0.379 e. The maximum atomic E-state index is 14.6. The number of fused-ring (bicyclic) bond motifs is 1. The normalized spacial score (nSPS) is 23.2. The van der Waals surface area contributed by atoms with Crippen molar-refractivity contribution in [1.29, 1.82) is 0 Å². The van der Waals surface area contributed by atoms with Gasteiger partial charge in [0, 0.05) is 35.5 Å². The lowest BCUT2D eigenvalue weighted by molar-refractivity contribution is 0.00285. The molecule has 2 aliphatic heterocycles. The van der Waals surface area contributed by atoms with Crippen LogP contribution in [0.1, 0.15) is 36.2 Å². The average Bonchev–Trinajstić information content (AvgIpc) is 2.75. The van der Waals surface area contributed by atoms with Crippen molar-refractivity contribution < 1.29 is 18.3 Å². The molecule has 2 atom stereocenters. The molecule has 1 amide bonds. The van der Waals surface area contributed by atoms with Gasteiger partial charge in [-0.1, -0.05) is 49.9 Å². The summed E-state index contributed by atoms with van der Waals surface area (Å²) in [6.45, 7) is 4.78. The minimum Gasteiger partial charge on any atom is -0.379 e. The Hall–Kier alpha value is -2.25. The first kappa shape index (κ1) is 21.5. The number of carbonyl (C=O) groups is 1. The Morgan fingerprint density at radius 3 is 2.69 bits per heavy atom. The fourth-order valence-electron chi connectivity index (χ4n) is 3.57. The number of halogens is 2. The van der Waals surface area contributed by atoms with E-state index in [4.69, 9.17) is 9.73 Å². The standard InChI is InChI=1S/C20H18F2N2O2S.C2H6/c21-15-6-7-16(17(22)10-15)20-12-26-9-8-14(20)11-27-19(24-20)23-18(25)13-4-2-1-3-5-13;1-2/h1-7,10,14H,8-9,11-12H2,(H,23,24,25);1-2H3. The van der Waals surface area contributed by atoms with E-state index in [2.05, 4.69) is 5.32 Å². The summed E-state index contributed by atoms with van der Waals surface area (Å²) >= 11 is 1.44. The number of benzene rings is 2. The first-order valence-corrected chi connectivity index (χ1v) is 10.7. The van der Waals surface area contributed by atoms with Crippen molar-refractivity contribution in [3.63, 3.8) is 0 Å². The van der Waals surface area contributed by atoms with Crippen LogP contribution >= 0.6 is 11.8 Å². The summed E-state index contributed by atoms with van der Waals surface area (Å²) in [5.41, 5.74) is -0.134. The molecule has 1 saturated heterocycles. The Bertz CT molecular complexity index is 892. The van der Waals surface area contributed by atoms with Crippen LogP contribution in [0.4, 0.5) is 8.78 Å². The van der Waals surface area contributed by atoms with Gasteiger partial charge in [-0.15, -0.1) is 0 Å². The molecule has 0 radical (unpaired) electrons. The number of amides is 1. The Labute approximate surface area is 173 Å². The Morgan fingerprint density at radius 2 is 1.97 bits per heavy atom. The highest BCUT2D eigenvalue weighted by Gasteiger charge is 2.47. The zero-order valence-electron chi connectivity index (χ0n) is 16.5. The number of amidine groups is 1. The number of rotatable bonds is 2. The molecule has 0 spiro atoms. The van der Waals surface area contributed by atoms with Gasteiger partial charge in [0.05, 0.1) is 6.61 Å². The van der Waals surface area contributed by atoms with Gasteiger partial charge in [-0.2, -0.15) is 0 Å². The molecular weight excluding hydrogens is 394 g/mol. The SMILES string of the molecule is CC.O=C(NC1=NC2(c3ccc(F)cc3F)COCCC2CS1)c1ccccc1. The first-order valence-electron chi connectivity index (χ1n) is 9.71. The molecule has 0 bridgehead atoms. The zero-order chi connectivity index (χ0) is 20.9. The molecule has 0 aliphatic carbocycles. The molecule has 2 heterocycles. The van der Waals surface area contributed by atoms with E-state index in [0.29, 0.717) is 28.7 Å². The second-order valence-corrected chi connectivity index (χ2v) is 7.64. The van der Waals surface area contributed by atoms with Crippen molar-refractivity contribution in [2.24, 2.45) is 10.9 Å². The molecule has 4 nitrogen and oxygen atoms in total. The van der Waals surface area contributed by atoms with Crippen LogP contribution in [0.25, 0.3) is 0 Å². The predicted octanol–water partition coefficient (Wildman–Crippen LogP) is 4.76. The van der Waals surface area contributed by atoms with Gasteiger partial charge in [0.1, 0.15) is 17.2 Å². The lowest BCUT2D eigenvalue weighted by atomic mass is 9.76.